The van der Waals surface area contributed by atoms with Gasteiger partial charge in [-0.2, -0.15) is 0 Å². The van der Waals surface area contributed by atoms with Crippen LogP contribution in [0.2, 0.25) is 0 Å². The Morgan fingerprint density at radius 2 is 1.85 bits per heavy atom. The number of piperidine rings is 1. The van der Waals surface area contributed by atoms with Gasteiger partial charge in [-0.05, 0) is 94.9 Å². The molecule has 248 valence electrons. The molecule has 4 aliphatic heterocycles. The Labute approximate surface area is 272 Å². The summed E-state index contributed by atoms with van der Waals surface area (Å²) in [6.07, 6.45) is 12.6. The molecule has 1 spiro atoms. The normalized spacial score (nSPS) is 21.5. The maximum absolute atomic E-state index is 15.0. The molecule has 0 atom stereocenters. The van der Waals surface area contributed by atoms with Crippen LogP contribution in [-0.4, -0.2) is 74.4 Å². The fraction of sp³-hybridized carbons (Fsp3) is 0.583. The second-order valence-corrected chi connectivity index (χ2v) is 13.6. The van der Waals surface area contributed by atoms with E-state index in [0.717, 1.165) is 80.5 Å². The van der Waals surface area contributed by atoms with Crippen molar-refractivity contribution in [1.82, 2.24) is 20.5 Å². The first-order chi connectivity index (χ1) is 22.3. The highest BCUT2D eigenvalue weighted by Gasteiger charge is 2.45. The molecule has 1 saturated heterocycles. The molecule has 2 aromatic rings. The first-order valence-corrected chi connectivity index (χ1v) is 17.2. The third-order valence-corrected chi connectivity index (χ3v) is 10.6. The molecular weight excluding hydrogens is 584 g/mol. The van der Waals surface area contributed by atoms with E-state index < -0.39 is 6.43 Å². The number of hydrogen-bond donors (Lipinski definition) is 3. The van der Waals surface area contributed by atoms with Gasteiger partial charge < -0.3 is 30.1 Å². The fourth-order valence-electron chi connectivity index (χ4n) is 8.28. The molecule has 7 rings (SSSR count). The molecule has 5 aliphatic rings. The predicted octanol–water partition coefficient (Wildman–Crippen LogP) is 6.24. The minimum absolute atomic E-state index is 0.0474. The topological polar surface area (TPSA) is 87.6 Å². The largest absolute Gasteiger partial charge is 0.385 e. The van der Waals surface area contributed by atoms with Gasteiger partial charge in [-0.15, -0.1) is 0 Å². The summed E-state index contributed by atoms with van der Waals surface area (Å²) in [6.45, 7) is 6.34. The summed E-state index contributed by atoms with van der Waals surface area (Å²) in [7, 11) is 2.11. The number of benzene rings is 1. The number of amidine groups is 1. The van der Waals surface area contributed by atoms with E-state index in [1.165, 1.54) is 50.3 Å². The molecular formula is C36H49F2N7O. The van der Waals surface area contributed by atoms with E-state index in [0.29, 0.717) is 37.2 Å². The average molecular weight is 634 g/mol. The van der Waals surface area contributed by atoms with Crippen LogP contribution in [0.3, 0.4) is 0 Å². The number of nitrogens with one attached hydrogen (secondary N) is 3. The average Bonchev–Trinajstić information content (AvgIpc) is 3.38. The molecule has 1 aromatic carbocycles. The number of likely N-dealkylation sites (N-methyl/N-ethyl adjacent to an activating group) is 1. The van der Waals surface area contributed by atoms with Crippen LogP contribution < -0.4 is 20.4 Å². The number of aryl methyl sites for hydroxylation is 1. The van der Waals surface area contributed by atoms with Crippen molar-refractivity contribution in [1.29, 1.82) is 5.41 Å². The molecule has 0 unspecified atom stereocenters. The smallest absolute Gasteiger partial charge is 0.265 e. The van der Waals surface area contributed by atoms with Crippen molar-refractivity contribution in [3.63, 3.8) is 0 Å². The summed E-state index contributed by atoms with van der Waals surface area (Å²) in [5.41, 5.74) is 6.82. The molecule has 5 heterocycles. The predicted molar refractivity (Wildman–Crippen MR) is 181 cm³/mol. The molecule has 8 nitrogen and oxygen atoms in total. The first-order valence-electron chi connectivity index (χ1n) is 17.2. The maximum Gasteiger partial charge on any atom is 0.265 e. The minimum atomic E-state index is -2.62. The van der Waals surface area contributed by atoms with Gasteiger partial charge in [0.1, 0.15) is 12.1 Å². The third-order valence-electron chi connectivity index (χ3n) is 10.6. The Morgan fingerprint density at radius 3 is 2.59 bits per heavy atom. The van der Waals surface area contributed by atoms with Gasteiger partial charge in [0.2, 0.25) is 0 Å². The molecule has 46 heavy (non-hydrogen) atoms. The maximum atomic E-state index is 15.0. The van der Waals surface area contributed by atoms with Crippen LogP contribution in [0.25, 0.3) is 0 Å². The number of anilines is 3. The van der Waals surface area contributed by atoms with Crippen LogP contribution in [0.4, 0.5) is 25.8 Å². The van der Waals surface area contributed by atoms with Crippen LogP contribution in [0.5, 0.6) is 0 Å². The quantitative estimate of drug-likeness (QED) is 0.204. The van der Waals surface area contributed by atoms with Gasteiger partial charge in [0, 0.05) is 72.8 Å². The van der Waals surface area contributed by atoms with E-state index >= 15 is 0 Å². The number of aldehydes is 1. The van der Waals surface area contributed by atoms with E-state index in [4.69, 9.17) is 4.79 Å². The zero-order chi connectivity index (χ0) is 32.3. The van der Waals surface area contributed by atoms with Crippen LogP contribution >= 0.6 is 0 Å². The summed E-state index contributed by atoms with van der Waals surface area (Å²) in [5, 5.41) is 16.8. The number of carbonyl (C=O) groups is 1. The van der Waals surface area contributed by atoms with Crippen molar-refractivity contribution < 1.29 is 13.6 Å². The van der Waals surface area contributed by atoms with Gasteiger partial charge in [-0.1, -0.05) is 19.3 Å². The lowest BCUT2D eigenvalue weighted by atomic mass is 9.75. The Balaban J connectivity index is 0.00000119. The lowest BCUT2D eigenvalue weighted by Gasteiger charge is -2.38. The molecule has 10 heteroatoms. The number of rotatable bonds is 5. The summed E-state index contributed by atoms with van der Waals surface area (Å²) in [6, 6.07) is 6.28. The SMILES string of the molecule is CC=O.CN1CCC(NC2CCCCC2)=C(C(=N)N2CCCc3cc(N4CC5(CCNCC5)c5ccncc54)c(C(F)F)cc32)C1. The van der Waals surface area contributed by atoms with E-state index in [9.17, 15) is 14.2 Å². The summed E-state index contributed by atoms with van der Waals surface area (Å²) >= 11 is 0. The Hall–Kier alpha value is -3.37. The number of aromatic nitrogens is 1. The molecule has 1 saturated carbocycles. The Morgan fingerprint density at radius 1 is 1.09 bits per heavy atom. The van der Waals surface area contributed by atoms with Crippen molar-refractivity contribution in [2.24, 2.45) is 0 Å². The second-order valence-electron chi connectivity index (χ2n) is 13.6. The Kier molecular flexibility index (Phi) is 10.0. The number of hydrogen-bond acceptors (Lipinski definition) is 7. The summed E-state index contributed by atoms with van der Waals surface area (Å²) in [5.74, 6) is 0.461. The lowest BCUT2D eigenvalue weighted by molar-refractivity contribution is -0.106. The van der Waals surface area contributed by atoms with Gasteiger partial charge in [-0.3, -0.25) is 10.4 Å². The lowest BCUT2D eigenvalue weighted by Crippen LogP contribution is -2.44. The van der Waals surface area contributed by atoms with Gasteiger partial charge in [-0.25, -0.2) is 8.78 Å². The van der Waals surface area contributed by atoms with E-state index in [1.54, 1.807) is 6.07 Å². The monoisotopic (exact) mass is 633 g/mol. The highest BCUT2D eigenvalue weighted by Crippen LogP contribution is 2.51. The number of alkyl halides is 2. The van der Waals surface area contributed by atoms with Gasteiger partial charge in [0.05, 0.1) is 17.6 Å². The number of nitrogens with zero attached hydrogens (tertiary/aromatic N) is 4. The molecule has 2 fully saturated rings. The van der Waals surface area contributed by atoms with Crippen LogP contribution in [0.15, 0.2) is 41.9 Å². The summed E-state index contributed by atoms with van der Waals surface area (Å²) < 4.78 is 29.9. The van der Waals surface area contributed by atoms with Crippen LogP contribution in [-0.2, 0) is 16.6 Å². The van der Waals surface area contributed by atoms with Crippen molar-refractivity contribution in [3.8, 4) is 0 Å². The fourth-order valence-corrected chi connectivity index (χ4v) is 8.28. The van der Waals surface area contributed by atoms with E-state index in [1.807, 2.05) is 23.4 Å². The highest BCUT2D eigenvalue weighted by atomic mass is 19.3. The van der Waals surface area contributed by atoms with Gasteiger partial charge in [0.25, 0.3) is 6.43 Å². The second kappa shape index (κ2) is 14.2. The standard InChI is InChI=1S/C34H45F2N7.C2H4O/c1-41-17-10-28(40-24-7-3-2-4-8-24)26(21-41)33(37)42-16-5-6-23-18-30(25(32(35)36)19-29(23)42)43-22-34(11-14-38-15-12-34)27-9-13-39-20-31(27)43;1-2-3/h9,13,18-20,24,32,37-38,40H,2-8,10-12,14-17,21-22H2,1H3;2H,1H3. The molecule has 1 aliphatic carbocycles. The molecule has 0 radical (unpaired) electrons. The number of fused-ring (bicyclic) bond motifs is 3. The van der Waals surface area contributed by atoms with Gasteiger partial charge in [0.15, 0.2) is 0 Å². The van der Waals surface area contributed by atoms with E-state index in [2.05, 4.69) is 38.5 Å². The summed E-state index contributed by atoms with van der Waals surface area (Å²) in [4.78, 5) is 19.6. The number of carbonyl (C=O) groups excluding carboxylic acids is 1. The molecule has 0 bridgehead atoms. The van der Waals surface area contributed by atoms with Crippen LogP contribution in [0.1, 0.15) is 87.8 Å². The van der Waals surface area contributed by atoms with Crippen LogP contribution in [0, 0.1) is 5.41 Å². The highest BCUT2D eigenvalue weighted by molar-refractivity contribution is 6.09. The van der Waals surface area contributed by atoms with E-state index in [-0.39, 0.29) is 11.0 Å². The van der Waals surface area contributed by atoms with Crippen molar-refractivity contribution in [3.05, 3.63) is 58.6 Å². The zero-order valence-electron chi connectivity index (χ0n) is 27.4. The molecule has 0 amide bonds. The number of pyridine rings is 1. The number of halogens is 2. The molecule has 3 N–H and O–H groups in total. The first kappa shape index (κ1) is 32.6. The van der Waals surface area contributed by atoms with Gasteiger partial charge >= 0.3 is 0 Å². The third kappa shape index (κ3) is 6.43. The Bertz CT molecular complexity index is 1450. The zero-order valence-corrected chi connectivity index (χ0v) is 27.4. The van der Waals surface area contributed by atoms with Crippen molar-refractivity contribution in [2.45, 2.75) is 89.0 Å². The minimum Gasteiger partial charge on any atom is -0.385 e. The van der Waals surface area contributed by atoms with Crippen molar-refractivity contribution in [2.75, 3.05) is 56.1 Å². The van der Waals surface area contributed by atoms with Crippen molar-refractivity contribution >= 4 is 29.2 Å². The molecule has 1 aromatic heterocycles.